The van der Waals surface area contributed by atoms with Crippen molar-refractivity contribution in [1.82, 2.24) is 10.0 Å². The zero-order valence-corrected chi connectivity index (χ0v) is 13.5. The molecule has 0 aromatic heterocycles. The number of urea groups is 1. The van der Waals surface area contributed by atoms with Gasteiger partial charge >= 0.3 is 12.1 Å². The molecule has 3 amide bonds. The predicted octanol–water partition coefficient (Wildman–Crippen LogP) is 3.24. The molecule has 1 aromatic carbocycles. The number of ether oxygens (including phenoxy) is 1. The summed E-state index contributed by atoms with van der Waals surface area (Å²) >= 11 is 3.65. The maximum Gasteiger partial charge on any atom is 0.408 e. The first-order chi connectivity index (χ1) is 9.71. The van der Waals surface area contributed by atoms with Crippen molar-refractivity contribution in [3.05, 3.63) is 29.8 Å². The highest BCUT2D eigenvalue weighted by Crippen LogP contribution is 2.17. The number of amides is 3. The van der Waals surface area contributed by atoms with Crippen LogP contribution in [0.15, 0.2) is 24.3 Å². The SMILES string of the molecule is CC(NC(=O)OC(C)(C)C)c1ccc(NC(=O)NS)cc1. The Morgan fingerprint density at radius 2 is 1.76 bits per heavy atom. The molecule has 0 fully saturated rings. The van der Waals surface area contributed by atoms with Crippen LogP contribution >= 0.6 is 12.8 Å². The van der Waals surface area contributed by atoms with Gasteiger partial charge in [-0.25, -0.2) is 9.59 Å². The van der Waals surface area contributed by atoms with Crippen LogP contribution in [0.5, 0.6) is 0 Å². The van der Waals surface area contributed by atoms with E-state index in [1.165, 1.54) is 0 Å². The van der Waals surface area contributed by atoms with E-state index in [1.807, 2.05) is 39.8 Å². The van der Waals surface area contributed by atoms with E-state index >= 15 is 0 Å². The summed E-state index contributed by atoms with van der Waals surface area (Å²) < 4.78 is 7.37. The quantitative estimate of drug-likeness (QED) is 0.647. The third-order valence-corrected chi connectivity index (χ3v) is 2.71. The lowest BCUT2D eigenvalue weighted by Crippen LogP contribution is -2.34. The highest BCUT2D eigenvalue weighted by Gasteiger charge is 2.18. The van der Waals surface area contributed by atoms with Gasteiger partial charge in [0.2, 0.25) is 0 Å². The van der Waals surface area contributed by atoms with Gasteiger partial charge < -0.3 is 15.4 Å². The number of carbonyl (C=O) groups excluding carboxylic acids is 2. The lowest BCUT2D eigenvalue weighted by atomic mass is 10.1. The van der Waals surface area contributed by atoms with Gasteiger partial charge in [-0.05, 0) is 45.4 Å². The van der Waals surface area contributed by atoms with Gasteiger partial charge in [0.05, 0.1) is 6.04 Å². The van der Waals surface area contributed by atoms with Crippen LogP contribution < -0.4 is 15.4 Å². The summed E-state index contributed by atoms with van der Waals surface area (Å²) in [4.78, 5) is 22.8. The lowest BCUT2D eigenvalue weighted by Gasteiger charge is -2.22. The Kier molecular flexibility index (Phi) is 5.90. The number of benzene rings is 1. The molecule has 116 valence electrons. The van der Waals surface area contributed by atoms with Crippen LogP contribution in [0.3, 0.4) is 0 Å². The van der Waals surface area contributed by atoms with Crippen LogP contribution in [-0.2, 0) is 4.74 Å². The molecule has 0 saturated carbocycles. The van der Waals surface area contributed by atoms with Gasteiger partial charge in [0.1, 0.15) is 5.60 Å². The molecule has 0 saturated heterocycles. The summed E-state index contributed by atoms with van der Waals surface area (Å²) in [5, 5.41) is 5.34. The first-order valence-corrected chi connectivity index (χ1v) is 6.96. The van der Waals surface area contributed by atoms with Crippen molar-refractivity contribution in [2.24, 2.45) is 0 Å². The highest BCUT2D eigenvalue weighted by atomic mass is 32.1. The molecule has 1 rings (SSSR count). The number of hydrogen-bond acceptors (Lipinski definition) is 4. The van der Waals surface area contributed by atoms with Crippen LogP contribution in [0.1, 0.15) is 39.3 Å². The fraction of sp³-hybridized carbons (Fsp3) is 0.429. The summed E-state index contributed by atoms with van der Waals surface area (Å²) in [5.74, 6) is 0. The molecular formula is C14H21N3O3S. The minimum atomic E-state index is -0.530. The molecule has 0 bridgehead atoms. The van der Waals surface area contributed by atoms with Gasteiger partial charge in [0.25, 0.3) is 0 Å². The number of carbonyl (C=O) groups is 2. The van der Waals surface area contributed by atoms with E-state index < -0.39 is 17.7 Å². The molecule has 0 heterocycles. The molecule has 6 nitrogen and oxygen atoms in total. The van der Waals surface area contributed by atoms with E-state index in [0.29, 0.717) is 5.69 Å². The predicted molar refractivity (Wildman–Crippen MR) is 85.4 cm³/mol. The maximum absolute atomic E-state index is 11.7. The Labute approximate surface area is 130 Å². The summed E-state index contributed by atoms with van der Waals surface area (Å²) in [6.45, 7) is 7.28. The largest absolute Gasteiger partial charge is 0.444 e. The van der Waals surface area contributed by atoms with Gasteiger partial charge in [-0.15, -0.1) is 0 Å². The van der Waals surface area contributed by atoms with Crippen molar-refractivity contribution < 1.29 is 14.3 Å². The molecule has 0 aliphatic carbocycles. The topological polar surface area (TPSA) is 79.5 Å². The molecule has 3 N–H and O–H groups in total. The first kappa shape index (κ1) is 17.2. The van der Waals surface area contributed by atoms with E-state index in [2.05, 4.69) is 28.2 Å². The Balaban J connectivity index is 2.61. The second-order valence-electron chi connectivity index (χ2n) is 5.56. The molecule has 0 aliphatic rings. The Hall–Kier alpha value is -1.89. The fourth-order valence-corrected chi connectivity index (χ4v) is 1.64. The molecule has 1 unspecified atom stereocenters. The maximum atomic E-state index is 11.7. The Morgan fingerprint density at radius 1 is 1.19 bits per heavy atom. The summed E-state index contributed by atoms with van der Waals surface area (Å²) in [7, 11) is 0. The molecular weight excluding hydrogens is 290 g/mol. The van der Waals surface area contributed by atoms with Crippen LogP contribution in [0.4, 0.5) is 15.3 Å². The molecule has 1 aromatic rings. The number of alkyl carbamates (subject to hydrolysis) is 1. The molecule has 0 aliphatic heterocycles. The van der Waals surface area contributed by atoms with E-state index in [1.54, 1.807) is 12.1 Å². The number of rotatable bonds is 3. The van der Waals surface area contributed by atoms with E-state index in [4.69, 9.17) is 4.74 Å². The molecule has 21 heavy (non-hydrogen) atoms. The van der Waals surface area contributed by atoms with Gasteiger partial charge in [-0.2, -0.15) is 0 Å². The smallest absolute Gasteiger partial charge is 0.408 e. The zero-order valence-electron chi connectivity index (χ0n) is 12.6. The summed E-state index contributed by atoms with van der Waals surface area (Å²) in [5.41, 5.74) is 1.00. The molecule has 0 spiro atoms. The first-order valence-electron chi connectivity index (χ1n) is 6.52. The third-order valence-electron chi connectivity index (χ3n) is 2.50. The fourth-order valence-electron chi connectivity index (χ4n) is 1.58. The second-order valence-corrected chi connectivity index (χ2v) is 5.78. The van der Waals surface area contributed by atoms with E-state index in [9.17, 15) is 9.59 Å². The zero-order chi connectivity index (χ0) is 16.0. The Morgan fingerprint density at radius 3 is 2.24 bits per heavy atom. The average molecular weight is 311 g/mol. The third kappa shape index (κ3) is 6.40. The van der Waals surface area contributed by atoms with Crippen molar-refractivity contribution >= 4 is 30.6 Å². The minimum Gasteiger partial charge on any atom is -0.444 e. The van der Waals surface area contributed by atoms with Crippen molar-refractivity contribution in [1.29, 1.82) is 0 Å². The summed E-state index contributed by atoms with van der Waals surface area (Å²) in [6.07, 6.45) is -0.466. The van der Waals surface area contributed by atoms with Crippen molar-refractivity contribution in [3.63, 3.8) is 0 Å². The monoisotopic (exact) mass is 311 g/mol. The molecule has 7 heteroatoms. The Bertz CT molecular complexity index is 497. The standard InChI is InChI=1S/C14H21N3O3S/c1-9(15-13(19)20-14(2,3)4)10-5-7-11(8-6-10)16-12(18)17-21/h5-9,21H,1-4H3,(H,15,19)(H2,16,17,18). The van der Waals surface area contributed by atoms with Gasteiger partial charge in [-0.1, -0.05) is 24.9 Å². The number of nitrogens with one attached hydrogen (secondary N) is 3. The number of anilines is 1. The second kappa shape index (κ2) is 7.21. The summed E-state index contributed by atoms with van der Waals surface area (Å²) in [6, 6.07) is 6.50. The van der Waals surface area contributed by atoms with Gasteiger partial charge in [0.15, 0.2) is 0 Å². The molecule has 0 radical (unpaired) electrons. The normalized spacial score (nSPS) is 12.2. The van der Waals surface area contributed by atoms with Crippen LogP contribution in [-0.4, -0.2) is 17.7 Å². The van der Waals surface area contributed by atoms with Crippen molar-refractivity contribution in [2.75, 3.05) is 5.32 Å². The average Bonchev–Trinajstić information content (AvgIpc) is 2.36. The van der Waals surface area contributed by atoms with Gasteiger partial charge in [0, 0.05) is 5.69 Å². The van der Waals surface area contributed by atoms with Crippen LogP contribution in [0, 0.1) is 0 Å². The minimum absolute atomic E-state index is 0.201. The molecule has 1 atom stereocenters. The van der Waals surface area contributed by atoms with Crippen molar-refractivity contribution in [3.8, 4) is 0 Å². The van der Waals surface area contributed by atoms with Crippen molar-refractivity contribution in [2.45, 2.75) is 39.3 Å². The van der Waals surface area contributed by atoms with E-state index in [-0.39, 0.29) is 6.04 Å². The number of hydrogen-bond donors (Lipinski definition) is 4. The van der Waals surface area contributed by atoms with Crippen LogP contribution in [0.25, 0.3) is 0 Å². The van der Waals surface area contributed by atoms with E-state index in [0.717, 1.165) is 5.56 Å². The highest BCUT2D eigenvalue weighted by molar-refractivity contribution is 7.78. The van der Waals surface area contributed by atoms with Gasteiger partial charge in [-0.3, -0.25) is 4.72 Å². The van der Waals surface area contributed by atoms with Crippen LogP contribution in [0.2, 0.25) is 0 Å². The lowest BCUT2D eigenvalue weighted by molar-refractivity contribution is 0.0508. The number of thiol groups is 1.